The van der Waals surface area contributed by atoms with E-state index < -0.39 is 0 Å². The molecule has 0 radical (unpaired) electrons. The van der Waals surface area contributed by atoms with E-state index >= 15 is 0 Å². The quantitative estimate of drug-likeness (QED) is 0.727. The van der Waals surface area contributed by atoms with E-state index in [-0.39, 0.29) is 0 Å². The molecule has 3 rings (SSSR count). The molecule has 0 unspecified atom stereocenters. The van der Waals surface area contributed by atoms with Crippen LogP contribution in [0.25, 0.3) is 11.3 Å². The highest BCUT2D eigenvalue weighted by Crippen LogP contribution is 2.38. The van der Waals surface area contributed by atoms with Gasteiger partial charge in [-0.1, -0.05) is 35.0 Å². The van der Waals surface area contributed by atoms with Crippen molar-refractivity contribution in [3.8, 4) is 11.3 Å². The smallest absolute Gasteiger partial charge is 0.121 e. The van der Waals surface area contributed by atoms with Crippen LogP contribution in [0.15, 0.2) is 22.7 Å². The van der Waals surface area contributed by atoms with Crippen molar-refractivity contribution in [3.63, 3.8) is 0 Å². The number of nitrogens with one attached hydrogen (secondary N) is 2. The van der Waals surface area contributed by atoms with Crippen LogP contribution in [0, 0.1) is 0 Å². The number of halogens is 1. The Balaban J connectivity index is 1.87. The Morgan fingerprint density at radius 2 is 2.33 bits per heavy atom. The summed E-state index contributed by atoms with van der Waals surface area (Å²) < 4.78 is 1.18. The van der Waals surface area contributed by atoms with Gasteiger partial charge in [-0.15, -0.1) is 0 Å². The minimum atomic E-state index is 0.824. The number of H-pyrrole nitrogens is 1. The summed E-state index contributed by atoms with van der Waals surface area (Å²) in [7, 11) is 0. The summed E-state index contributed by atoms with van der Waals surface area (Å²) in [5.41, 5.74) is 4.97. The van der Waals surface area contributed by atoms with Crippen LogP contribution in [0.5, 0.6) is 0 Å². The molecule has 0 fully saturated rings. The predicted molar refractivity (Wildman–Crippen MR) is 76.5 cm³/mol. The standard InChI is InChI=1S/C14H16BrN3/c1-2-6-16-8-13-17-12-7-10-9(14(12)18-13)4-3-5-11(10)15/h3-5,16H,2,6-8H2,1H3,(H,17,18). The van der Waals surface area contributed by atoms with E-state index in [0.29, 0.717) is 0 Å². The number of hydrogen-bond donors (Lipinski definition) is 2. The Labute approximate surface area is 115 Å². The molecule has 0 atom stereocenters. The van der Waals surface area contributed by atoms with Crippen molar-refractivity contribution >= 4 is 15.9 Å². The van der Waals surface area contributed by atoms with Crippen molar-refractivity contribution in [1.29, 1.82) is 0 Å². The average molecular weight is 306 g/mol. The normalized spacial score (nSPS) is 12.6. The van der Waals surface area contributed by atoms with Gasteiger partial charge in [0, 0.05) is 22.2 Å². The lowest BCUT2D eigenvalue weighted by Gasteiger charge is -2.02. The molecule has 0 spiro atoms. The number of aromatic nitrogens is 2. The Morgan fingerprint density at radius 3 is 3.17 bits per heavy atom. The monoisotopic (exact) mass is 305 g/mol. The third-order valence-corrected chi connectivity index (χ3v) is 4.02. The molecule has 94 valence electrons. The molecule has 1 aliphatic carbocycles. The van der Waals surface area contributed by atoms with Crippen molar-refractivity contribution in [3.05, 3.63) is 39.8 Å². The minimum Gasteiger partial charge on any atom is -0.344 e. The number of fused-ring (bicyclic) bond motifs is 3. The van der Waals surface area contributed by atoms with Crippen molar-refractivity contribution in [2.24, 2.45) is 0 Å². The van der Waals surface area contributed by atoms with Crippen LogP contribution >= 0.6 is 15.9 Å². The molecule has 0 bridgehead atoms. The summed E-state index contributed by atoms with van der Waals surface area (Å²) in [4.78, 5) is 8.14. The lowest BCUT2D eigenvalue weighted by Crippen LogP contribution is -2.14. The van der Waals surface area contributed by atoms with Gasteiger partial charge < -0.3 is 10.3 Å². The second kappa shape index (κ2) is 4.86. The molecule has 18 heavy (non-hydrogen) atoms. The molecule has 3 nitrogen and oxygen atoms in total. The number of benzene rings is 1. The highest BCUT2D eigenvalue weighted by atomic mass is 79.9. The lowest BCUT2D eigenvalue weighted by molar-refractivity contribution is 0.654. The first kappa shape index (κ1) is 11.9. The van der Waals surface area contributed by atoms with E-state index in [1.165, 1.54) is 21.3 Å². The maximum absolute atomic E-state index is 4.71. The van der Waals surface area contributed by atoms with Gasteiger partial charge in [-0.25, -0.2) is 4.98 Å². The minimum absolute atomic E-state index is 0.824. The first-order chi connectivity index (χ1) is 8.79. The van der Waals surface area contributed by atoms with E-state index in [1.54, 1.807) is 0 Å². The van der Waals surface area contributed by atoms with Gasteiger partial charge in [0.15, 0.2) is 0 Å². The van der Waals surface area contributed by atoms with Gasteiger partial charge in [0.1, 0.15) is 5.82 Å². The molecule has 0 amide bonds. The predicted octanol–water partition coefficient (Wildman–Crippen LogP) is 3.24. The molecule has 0 saturated carbocycles. The summed E-state index contributed by atoms with van der Waals surface area (Å²) >= 11 is 3.61. The van der Waals surface area contributed by atoms with E-state index in [9.17, 15) is 0 Å². The Bertz CT molecular complexity index is 574. The highest BCUT2D eigenvalue weighted by molar-refractivity contribution is 9.10. The van der Waals surface area contributed by atoms with Crippen molar-refractivity contribution in [1.82, 2.24) is 15.3 Å². The van der Waals surface area contributed by atoms with Crippen LogP contribution < -0.4 is 5.32 Å². The third-order valence-electron chi connectivity index (χ3n) is 3.27. The first-order valence-corrected chi connectivity index (χ1v) is 7.15. The Kier molecular flexibility index (Phi) is 3.22. The fraction of sp³-hybridized carbons (Fsp3) is 0.357. The summed E-state index contributed by atoms with van der Waals surface area (Å²) in [6.07, 6.45) is 2.10. The molecule has 1 heterocycles. The molecule has 1 aliphatic rings. The Hall–Kier alpha value is -1.13. The average Bonchev–Trinajstić information content (AvgIpc) is 2.88. The molecule has 2 aromatic rings. The maximum Gasteiger partial charge on any atom is 0.121 e. The van der Waals surface area contributed by atoms with E-state index in [0.717, 1.165) is 37.4 Å². The zero-order chi connectivity index (χ0) is 12.5. The number of nitrogens with zero attached hydrogens (tertiary/aromatic N) is 1. The molecule has 2 N–H and O–H groups in total. The second-order valence-corrected chi connectivity index (χ2v) is 5.48. The van der Waals surface area contributed by atoms with Crippen LogP contribution in [0.4, 0.5) is 0 Å². The molecule has 0 aliphatic heterocycles. The molecular weight excluding hydrogens is 290 g/mol. The fourth-order valence-corrected chi connectivity index (χ4v) is 2.93. The molecule has 1 aromatic heterocycles. The van der Waals surface area contributed by atoms with Crippen molar-refractivity contribution in [2.75, 3.05) is 6.54 Å². The second-order valence-electron chi connectivity index (χ2n) is 4.63. The summed E-state index contributed by atoms with van der Waals surface area (Å²) in [5.74, 6) is 1.04. The number of hydrogen-bond acceptors (Lipinski definition) is 2. The van der Waals surface area contributed by atoms with E-state index in [2.05, 4.69) is 51.4 Å². The van der Waals surface area contributed by atoms with Gasteiger partial charge in [0.25, 0.3) is 0 Å². The van der Waals surface area contributed by atoms with Gasteiger partial charge in [-0.2, -0.15) is 0 Å². The largest absolute Gasteiger partial charge is 0.344 e. The zero-order valence-electron chi connectivity index (χ0n) is 10.4. The lowest BCUT2D eigenvalue weighted by atomic mass is 10.1. The van der Waals surface area contributed by atoms with Crippen molar-refractivity contribution in [2.45, 2.75) is 26.3 Å². The third kappa shape index (κ3) is 1.99. The summed E-state index contributed by atoms with van der Waals surface area (Å²) in [5, 5.41) is 3.37. The topological polar surface area (TPSA) is 40.7 Å². The summed E-state index contributed by atoms with van der Waals surface area (Å²) in [6.45, 7) is 4.03. The zero-order valence-corrected chi connectivity index (χ0v) is 12.0. The molecular formula is C14H16BrN3. The van der Waals surface area contributed by atoms with E-state index in [4.69, 9.17) is 4.98 Å². The highest BCUT2D eigenvalue weighted by Gasteiger charge is 2.23. The number of rotatable bonds is 4. The van der Waals surface area contributed by atoms with Crippen LogP contribution in [0.3, 0.4) is 0 Å². The van der Waals surface area contributed by atoms with Crippen LogP contribution in [-0.4, -0.2) is 16.5 Å². The van der Waals surface area contributed by atoms with E-state index in [1.807, 2.05) is 0 Å². The SMILES string of the molecule is CCCNCc1nc2c([nH]1)Cc1c(Br)cccc1-2. The summed E-state index contributed by atoms with van der Waals surface area (Å²) in [6, 6.07) is 6.31. The van der Waals surface area contributed by atoms with Gasteiger partial charge >= 0.3 is 0 Å². The van der Waals surface area contributed by atoms with Gasteiger partial charge in [-0.3, -0.25) is 0 Å². The number of aromatic amines is 1. The van der Waals surface area contributed by atoms with Gasteiger partial charge in [0.05, 0.1) is 12.2 Å². The maximum atomic E-state index is 4.71. The fourth-order valence-electron chi connectivity index (χ4n) is 2.42. The Morgan fingerprint density at radius 1 is 1.44 bits per heavy atom. The molecule has 1 aromatic carbocycles. The van der Waals surface area contributed by atoms with Crippen LogP contribution in [0.1, 0.15) is 30.4 Å². The molecule has 0 saturated heterocycles. The van der Waals surface area contributed by atoms with Crippen molar-refractivity contribution < 1.29 is 0 Å². The van der Waals surface area contributed by atoms with Crippen LogP contribution in [0.2, 0.25) is 0 Å². The molecule has 4 heteroatoms. The van der Waals surface area contributed by atoms with Gasteiger partial charge in [-0.05, 0) is 24.6 Å². The van der Waals surface area contributed by atoms with Crippen LogP contribution in [-0.2, 0) is 13.0 Å². The van der Waals surface area contributed by atoms with Gasteiger partial charge in [0.2, 0.25) is 0 Å². The number of imidazole rings is 1. The first-order valence-electron chi connectivity index (χ1n) is 6.36.